The van der Waals surface area contributed by atoms with Crippen LogP contribution >= 0.6 is 0 Å². The summed E-state index contributed by atoms with van der Waals surface area (Å²) >= 11 is 0. The topological polar surface area (TPSA) is 122 Å². The molecule has 9 nitrogen and oxygen atoms in total. The number of aliphatic imine (C=N–C) groups is 1. The van der Waals surface area contributed by atoms with Gasteiger partial charge in [-0.05, 0) is 62.2 Å². The van der Waals surface area contributed by atoms with E-state index in [1.807, 2.05) is 20.8 Å². The Morgan fingerprint density at radius 2 is 1.87 bits per heavy atom. The van der Waals surface area contributed by atoms with E-state index in [4.69, 9.17) is 14.6 Å². The Morgan fingerprint density at radius 1 is 1.13 bits per heavy atom. The summed E-state index contributed by atoms with van der Waals surface area (Å²) in [5.41, 5.74) is 1.37. The number of nitrogens with one attached hydrogen (secondary N) is 2. The summed E-state index contributed by atoms with van der Waals surface area (Å²) in [6, 6.07) is 11.7. The number of amides is 2. The fraction of sp³-hybridized carbons (Fsp3) is 0.241. The summed E-state index contributed by atoms with van der Waals surface area (Å²) in [4.78, 5) is 32.9. The molecule has 198 valence electrons. The molecule has 0 fully saturated rings. The maximum Gasteiger partial charge on any atom is 0.300 e. The number of hydrogen-bond donors (Lipinski definition) is 3. The van der Waals surface area contributed by atoms with E-state index < -0.39 is 5.91 Å². The Labute approximate surface area is 222 Å². The van der Waals surface area contributed by atoms with Gasteiger partial charge >= 0.3 is 0 Å². The van der Waals surface area contributed by atoms with Crippen LogP contribution in [-0.2, 0) is 4.79 Å². The SMILES string of the molecule is CC.CC#CC(=O)Nc1cc2c(Oc3ccc(C(=O)NC(/C=C\C)=NC)cc3)ccnc2cc1OCCO. The average molecular weight is 517 g/mol. The van der Waals surface area contributed by atoms with E-state index in [0.717, 1.165) is 0 Å². The second-order valence-electron chi connectivity index (χ2n) is 7.27. The van der Waals surface area contributed by atoms with Crippen molar-refractivity contribution in [2.75, 3.05) is 25.6 Å². The van der Waals surface area contributed by atoms with E-state index in [9.17, 15) is 9.59 Å². The minimum Gasteiger partial charge on any atom is -0.489 e. The Balaban J connectivity index is 0.00000247. The van der Waals surface area contributed by atoms with E-state index in [0.29, 0.717) is 45.2 Å². The van der Waals surface area contributed by atoms with Gasteiger partial charge in [-0.25, -0.2) is 0 Å². The molecule has 0 bridgehead atoms. The van der Waals surface area contributed by atoms with Gasteiger partial charge in [-0.3, -0.25) is 19.6 Å². The number of aliphatic hydroxyl groups excluding tert-OH is 1. The highest BCUT2D eigenvalue weighted by Gasteiger charge is 2.14. The number of amidine groups is 1. The minimum atomic E-state index is -0.503. The molecule has 2 amide bonds. The van der Waals surface area contributed by atoms with Crippen LogP contribution in [0.5, 0.6) is 17.2 Å². The number of nitrogens with zero attached hydrogens (tertiary/aromatic N) is 2. The third-order valence-electron chi connectivity index (χ3n) is 4.79. The van der Waals surface area contributed by atoms with Gasteiger partial charge in [0.1, 0.15) is 29.7 Å². The van der Waals surface area contributed by atoms with Gasteiger partial charge < -0.3 is 25.2 Å². The molecule has 3 aromatic rings. The molecule has 0 spiro atoms. The van der Waals surface area contributed by atoms with Gasteiger partial charge in [-0.1, -0.05) is 25.8 Å². The lowest BCUT2D eigenvalue weighted by Crippen LogP contribution is -2.29. The molecule has 1 heterocycles. The Hall–Kier alpha value is -4.68. The molecular formula is C29H32N4O5. The smallest absolute Gasteiger partial charge is 0.300 e. The summed E-state index contributed by atoms with van der Waals surface area (Å²) < 4.78 is 11.6. The molecule has 9 heteroatoms. The number of allylic oxidation sites excluding steroid dienone is 1. The number of aliphatic hydroxyl groups is 1. The van der Waals surface area contributed by atoms with Crippen molar-refractivity contribution in [3.8, 4) is 29.1 Å². The molecule has 2 aromatic carbocycles. The molecular weight excluding hydrogens is 484 g/mol. The molecule has 0 radical (unpaired) electrons. The van der Waals surface area contributed by atoms with Gasteiger partial charge in [-0.15, -0.1) is 0 Å². The van der Waals surface area contributed by atoms with Crippen LogP contribution in [0.2, 0.25) is 0 Å². The number of anilines is 1. The fourth-order valence-electron chi connectivity index (χ4n) is 3.20. The highest BCUT2D eigenvalue weighted by atomic mass is 16.5. The molecule has 0 atom stereocenters. The van der Waals surface area contributed by atoms with Crippen LogP contribution in [0.1, 0.15) is 38.1 Å². The third-order valence-corrected chi connectivity index (χ3v) is 4.79. The van der Waals surface area contributed by atoms with Crippen molar-refractivity contribution in [2.24, 2.45) is 4.99 Å². The normalized spacial score (nSPS) is 10.6. The van der Waals surface area contributed by atoms with Crippen molar-refractivity contribution >= 4 is 34.2 Å². The first-order valence-corrected chi connectivity index (χ1v) is 12.1. The molecule has 38 heavy (non-hydrogen) atoms. The molecule has 0 saturated heterocycles. The summed E-state index contributed by atoms with van der Waals surface area (Å²) in [5, 5.41) is 15.2. The van der Waals surface area contributed by atoms with Crippen LogP contribution < -0.4 is 20.1 Å². The van der Waals surface area contributed by atoms with Gasteiger partial charge in [0.15, 0.2) is 0 Å². The van der Waals surface area contributed by atoms with Crippen LogP contribution in [0.15, 0.2) is 65.8 Å². The number of hydrogen-bond acceptors (Lipinski definition) is 7. The van der Waals surface area contributed by atoms with Gasteiger partial charge in [-0.2, -0.15) is 0 Å². The van der Waals surface area contributed by atoms with Crippen LogP contribution in [-0.4, -0.2) is 48.0 Å². The standard InChI is InChI=1S/C27H26N4O5.C2H6/c1-4-6-25(28-3)31-27(34)18-8-10-19(11-9-18)36-23-12-13-29-21-17-24(35-15-14-32)22(16-20(21)23)30-26(33)7-5-2;1-2/h4,6,8-13,16-17,32H,14-15H2,1-3H3,(H,30,33)(H,28,31,34);1-2H3/b6-4-;. The quantitative estimate of drug-likeness (QED) is 0.226. The zero-order valence-electron chi connectivity index (χ0n) is 22.2. The van der Waals surface area contributed by atoms with E-state index in [2.05, 4.69) is 32.5 Å². The number of pyridine rings is 1. The van der Waals surface area contributed by atoms with Crippen molar-refractivity contribution in [2.45, 2.75) is 27.7 Å². The number of carbonyl (C=O) groups excluding carboxylic acids is 2. The summed E-state index contributed by atoms with van der Waals surface area (Å²) in [5.74, 6) is 5.96. The van der Waals surface area contributed by atoms with Crippen molar-refractivity contribution in [3.05, 3.63) is 66.4 Å². The number of fused-ring (bicyclic) bond motifs is 1. The highest BCUT2D eigenvalue weighted by Crippen LogP contribution is 2.36. The predicted octanol–water partition coefficient (Wildman–Crippen LogP) is 4.72. The Morgan fingerprint density at radius 3 is 2.50 bits per heavy atom. The third kappa shape index (κ3) is 8.18. The average Bonchev–Trinajstić information content (AvgIpc) is 2.93. The van der Waals surface area contributed by atoms with Crippen LogP contribution in [0, 0.1) is 11.8 Å². The number of carbonyl (C=O) groups is 2. The van der Waals surface area contributed by atoms with Crippen molar-refractivity contribution in [1.82, 2.24) is 10.3 Å². The van der Waals surface area contributed by atoms with Gasteiger partial charge in [0.2, 0.25) is 0 Å². The summed E-state index contributed by atoms with van der Waals surface area (Å²) in [6.07, 6.45) is 5.08. The number of benzene rings is 2. The second kappa shape index (κ2) is 15.4. The van der Waals surface area contributed by atoms with E-state index in [1.165, 1.54) is 0 Å². The van der Waals surface area contributed by atoms with E-state index in [-0.39, 0.29) is 19.1 Å². The highest BCUT2D eigenvalue weighted by molar-refractivity contribution is 6.10. The number of aromatic nitrogens is 1. The number of rotatable bonds is 8. The van der Waals surface area contributed by atoms with Gasteiger partial charge in [0.25, 0.3) is 11.8 Å². The first kappa shape index (κ1) is 29.5. The molecule has 0 unspecified atom stereocenters. The van der Waals surface area contributed by atoms with Gasteiger partial charge in [0.05, 0.1) is 17.8 Å². The molecule has 0 aliphatic carbocycles. The molecule has 3 N–H and O–H groups in total. The van der Waals surface area contributed by atoms with E-state index >= 15 is 0 Å². The first-order valence-electron chi connectivity index (χ1n) is 12.1. The van der Waals surface area contributed by atoms with Crippen molar-refractivity contribution in [1.29, 1.82) is 0 Å². The minimum absolute atomic E-state index is 0.0459. The van der Waals surface area contributed by atoms with Crippen LogP contribution in [0.4, 0.5) is 5.69 Å². The van der Waals surface area contributed by atoms with Crippen molar-refractivity contribution in [3.63, 3.8) is 0 Å². The molecule has 0 saturated carbocycles. The Bertz CT molecular complexity index is 1370. The lowest BCUT2D eigenvalue weighted by molar-refractivity contribution is -0.111. The van der Waals surface area contributed by atoms with Gasteiger partial charge in [0, 0.05) is 30.3 Å². The van der Waals surface area contributed by atoms with Crippen LogP contribution in [0.3, 0.4) is 0 Å². The Kier molecular flexibility index (Phi) is 12.0. The maximum atomic E-state index is 12.5. The fourth-order valence-corrected chi connectivity index (χ4v) is 3.20. The molecule has 3 rings (SSSR count). The lowest BCUT2D eigenvalue weighted by Gasteiger charge is -2.14. The molecule has 0 aliphatic heterocycles. The summed E-state index contributed by atoms with van der Waals surface area (Å²) in [6.45, 7) is 7.26. The number of ether oxygens (including phenoxy) is 2. The monoisotopic (exact) mass is 516 g/mol. The van der Waals surface area contributed by atoms with Crippen molar-refractivity contribution < 1.29 is 24.2 Å². The second-order valence-corrected chi connectivity index (χ2v) is 7.27. The predicted molar refractivity (Wildman–Crippen MR) is 150 cm³/mol. The molecule has 0 aliphatic rings. The first-order chi connectivity index (χ1) is 18.5. The van der Waals surface area contributed by atoms with Crippen LogP contribution in [0.25, 0.3) is 10.9 Å². The summed E-state index contributed by atoms with van der Waals surface area (Å²) in [7, 11) is 1.60. The van der Waals surface area contributed by atoms with E-state index in [1.54, 1.807) is 74.8 Å². The largest absolute Gasteiger partial charge is 0.489 e. The lowest BCUT2D eigenvalue weighted by atomic mass is 10.1. The zero-order valence-corrected chi connectivity index (χ0v) is 22.2. The molecule has 1 aromatic heterocycles. The zero-order chi connectivity index (χ0) is 27.9. The maximum absolute atomic E-state index is 12.5.